The number of aliphatic carboxylic acids is 2. The Labute approximate surface area is 426 Å². The van der Waals surface area contributed by atoms with Gasteiger partial charge in [0, 0.05) is 34.8 Å². The molecule has 0 bridgehead atoms. The molecule has 2 heterocycles. The normalized spacial score (nSPS) is 17.9. The van der Waals surface area contributed by atoms with Gasteiger partial charge >= 0.3 is 24.3 Å². The Morgan fingerprint density at radius 3 is 1.22 bits per heavy atom. The Kier molecular flexibility index (Phi) is 17.3. The number of aromatic nitrogens is 2. The number of carbonyl (C=O) groups is 4. The lowest BCUT2D eigenvalue weighted by atomic mass is 10.0. The Morgan fingerprint density at radius 1 is 0.541 bits per heavy atom. The Hall–Kier alpha value is -7.10. The first kappa shape index (κ1) is 54.7. The van der Waals surface area contributed by atoms with Crippen LogP contribution in [0.4, 0.5) is 37.7 Å². The van der Waals surface area contributed by atoms with Crippen LogP contribution in [0.25, 0.3) is 0 Å². The molecule has 4 N–H and O–H groups in total. The molecule has 392 valence electrons. The van der Waals surface area contributed by atoms with Gasteiger partial charge in [0.25, 0.3) is 11.8 Å². The summed E-state index contributed by atoms with van der Waals surface area (Å²) in [6, 6.07) is 34.7. The zero-order valence-corrected chi connectivity index (χ0v) is 41.8. The molecule has 4 aromatic carbocycles. The summed E-state index contributed by atoms with van der Waals surface area (Å²) in [5.41, 5.74) is 4.00. The van der Waals surface area contributed by atoms with E-state index in [0.29, 0.717) is 11.4 Å². The van der Waals surface area contributed by atoms with Crippen LogP contribution >= 0.6 is 0 Å². The maximum absolute atomic E-state index is 13.6. The highest BCUT2D eigenvalue weighted by Gasteiger charge is 2.49. The first-order chi connectivity index (χ1) is 35.2. The van der Waals surface area contributed by atoms with Crippen molar-refractivity contribution in [2.45, 2.75) is 128 Å². The number of alkyl halides is 6. The van der Waals surface area contributed by atoms with Gasteiger partial charge in [0.1, 0.15) is 11.4 Å². The number of nitrogens with one attached hydrogen (secondary N) is 2. The van der Waals surface area contributed by atoms with Crippen LogP contribution in [0.1, 0.15) is 156 Å². The molecule has 6 aromatic rings. The summed E-state index contributed by atoms with van der Waals surface area (Å²) < 4.78 is 85.5. The van der Waals surface area contributed by atoms with E-state index in [-0.39, 0.29) is 47.4 Å². The van der Waals surface area contributed by atoms with Crippen LogP contribution < -0.4 is 10.6 Å². The number of carbonyl (C=O) groups excluding carboxylic acids is 2. The molecule has 2 fully saturated rings. The van der Waals surface area contributed by atoms with Crippen molar-refractivity contribution in [2.75, 3.05) is 10.6 Å². The Bertz CT molecular complexity index is 2730. The molecule has 10 nitrogen and oxygen atoms in total. The van der Waals surface area contributed by atoms with Gasteiger partial charge in [-0.05, 0) is 173 Å². The van der Waals surface area contributed by atoms with Gasteiger partial charge in [-0.3, -0.25) is 19.2 Å². The number of hydrogen-bond donors (Lipinski definition) is 4. The number of anilines is 2. The SMILES string of the molecule is CC[C@H](C)n1c(CCCc2ccccc2)ccc1C(=O)Nc1ccc(C(F)(F)F)c([C@@H]2C[C@H]2C(=O)O)c1.CC[C@H](C)n1c(CCCc2ccccc2)ccc1C(=O)Nc1ccc(C(F)(F)F)c([C@H]2C[C@@H]2C(=O)O)c1. The molecule has 0 spiro atoms. The number of halogens is 6. The lowest BCUT2D eigenvalue weighted by Gasteiger charge is -2.20. The number of carboxylic acid groups (broad SMARTS) is 2. The average molecular weight is 1030 g/mol. The van der Waals surface area contributed by atoms with Crippen molar-refractivity contribution in [2.24, 2.45) is 11.8 Å². The average Bonchev–Trinajstić information content (AvgIpc) is 4.27. The van der Waals surface area contributed by atoms with Gasteiger partial charge in [0.05, 0.1) is 23.0 Å². The molecule has 2 amide bonds. The fraction of sp³-hybridized carbons (Fsp3) is 0.379. The van der Waals surface area contributed by atoms with E-state index in [9.17, 15) is 55.7 Å². The van der Waals surface area contributed by atoms with Crippen molar-refractivity contribution >= 4 is 35.1 Å². The minimum absolute atomic E-state index is 0.0634. The van der Waals surface area contributed by atoms with Crippen molar-refractivity contribution in [3.63, 3.8) is 0 Å². The van der Waals surface area contributed by atoms with Gasteiger partial charge < -0.3 is 30.0 Å². The van der Waals surface area contributed by atoms with E-state index in [0.717, 1.165) is 74.9 Å². The van der Waals surface area contributed by atoms with E-state index in [1.165, 1.54) is 35.4 Å². The molecule has 0 saturated heterocycles. The van der Waals surface area contributed by atoms with Crippen LogP contribution in [0.15, 0.2) is 121 Å². The second-order valence-corrected chi connectivity index (χ2v) is 19.4. The molecule has 2 aliphatic rings. The van der Waals surface area contributed by atoms with E-state index in [2.05, 4.69) is 34.9 Å². The minimum atomic E-state index is -4.61. The number of carboxylic acids is 2. The Balaban J connectivity index is 0.000000216. The first-order valence-corrected chi connectivity index (χ1v) is 25.2. The standard InChI is InChI=1S/2C29H31F3N2O3/c2*1-3-18(2)34-21(11-7-10-19-8-5-4-6-9-19)13-15-26(34)27(35)33-20-12-14-25(29(30,31)32)23(16-20)22-17-24(22)28(36)37/h2*4-6,8-9,12-16,18,22,24H,3,7,10-11,17H2,1-2H3,(H,33,35)(H,36,37)/t18-,22+,24-;18-,22-,24+/m00/s1. The van der Waals surface area contributed by atoms with E-state index in [1.54, 1.807) is 12.1 Å². The summed E-state index contributed by atoms with van der Waals surface area (Å²) in [4.78, 5) is 49.1. The number of benzene rings is 4. The van der Waals surface area contributed by atoms with Crippen molar-refractivity contribution in [1.82, 2.24) is 9.13 Å². The second-order valence-electron chi connectivity index (χ2n) is 19.4. The highest BCUT2D eigenvalue weighted by Crippen LogP contribution is 2.53. The van der Waals surface area contributed by atoms with Crippen molar-refractivity contribution in [3.8, 4) is 0 Å². The molecule has 0 aliphatic heterocycles. The summed E-state index contributed by atoms with van der Waals surface area (Å²) in [6.07, 6.45) is -2.05. The third-order valence-electron chi connectivity index (χ3n) is 14.3. The molecule has 0 radical (unpaired) electrons. The molecule has 74 heavy (non-hydrogen) atoms. The van der Waals surface area contributed by atoms with Crippen LogP contribution in [0.3, 0.4) is 0 Å². The third kappa shape index (κ3) is 13.3. The number of nitrogens with zero attached hydrogens (tertiary/aromatic N) is 2. The van der Waals surface area contributed by atoms with Crippen LogP contribution in [0, 0.1) is 11.8 Å². The van der Waals surface area contributed by atoms with Gasteiger partial charge in [0.15, 0.2) is 0 Å². The molecule has 2 saturated carbocycles. The molecule has 2 aliphatic carbocycles. The molecule has 2 aromatic heterocycles. The van der Waals surface area contributed by atoms with E-state index >= 15 is 0 Å². The first-order valence-electron chi connectivity index (χ1n) is 25.2. The number of hydrogen-bond acceptors (Lipinski definition) is 4. The number of rotatable bonds is 20. The van der Waals surface area contributed by atoms with Gasteiger partial charge in [-0.1, -0.05) is 74.5 Å². The second kappa shape index (κ2) is 23.4. The van der Waals surface area contributed by atoms with Crippen molar-refractivity contribution in [1.29, 1.82) is 0 Å². The Morgan fingerprint density at radius 2 is 0.905 bits per heavy atom. The van der Waals surface area contributed by atoms with E-state index < -0.39 is 70.9 Å². The zero-order valence-electron chi connectivity index (χ0n) is 41.8. The summed E-state index contributed by atoms with van der Waals surface area (Å²) in [7, 11) is 0. The minimum Gasteiger partial charge on any atom is -0.481 e. The summed E-state index contributed by atoms with van der Waals surface area (Å²) in [5.74, 6) is -6.16. The van der Waals surface area contributed by atoms with Crippen LogP contribution in [-0.2, 0) is 47.6 Å². The number of amides is 2. The largest absolute Gasteiger partial charge is 0.481 e. The smallest absolute Gasteiger partial charge is 0.416 e. The fourth-order valence-electron chi connectivity index (χ4n) is 9.83. The zero-order chi connectivity index (χ0) is 53.5. The summed E-state index contributed by atoms with van der Waals surface area (Å²) in [6.45, 7) is 8.15. The van der Waals surface area contributed by atoms with Crippen LogP contribution in [-0.4, -0.2) is 43.1 Å². The summed E-state index contributed by atoms with van der Waals surface area (Å²) >= 11 is 0. The fourth-order valence-corrected chi connectivity index (χ4v) is 9.83. The monoisotopic (exact) mass is 1020 g/mol. The quantitative estimate of drug-likeness (QED) is 0.0561. The molecule has 0 unspecified atom stereocenters. The maximum Gasteiger partial charge on any atom is 0.416 e. The van der Waals surface area contributed by atoms with E-state index in [4.69, 9.17) is 0 Å². The van der Waals surface area contributed by atoms with Crippen molar-refractivity contribution < 1.29 is 55.7 Å². The van der Waals surface area contributed by atoms with Gasteiger partial charge in [-0.2, -0.15) is 26.3 Å². The lowest BCUT2D eigenvalue weighted by molar-refractivity contribution is -0.140. The highest BCUT2D eigenvalue weighted by molar-refractivity contribution is 6.04. The summed E-state index contributed by atoms with van der Waals surface area (Å²) in [5, 5.41) is 23.9. The molecular formula is C58H62F6N4O6. The number of aryl methyl sites for hydroxylation is 4. The molecular weight excluding hydrogens is 963 g/mol. The van der Waals surface area contributed by atoms with Gasteiger partial charge in [-0.15, -0.1) is 0 Å². The van der Waals surface area contributed by atoms with Gasteiger partial charge in [-0.25, -0.2) is 0 Å². The molecule has 16 heteroatoms. The topological polar surface area (TPSA) is 143 Å². The maximum atomic E-state index is 13.6. The molecule has 8 rings (SSSR count). The molecule has 6 atom stereocenters. The predicted octanol–water partition coefficient (Wildman–Crippen LogP) is 14.2. The van der Waals surface area contributed by atoms with Crippen LogP contribution in [0.2, 0.25) is 0 Å². The van der Waals surface area contributed by atoms with Crippen molar-refractivity contribution in [3.05, 3.63) is 177 Å². The van der Waals surface area contributed by atoms with E-state index in [1.807, 2.05) is 85.4 Å². The highest BCUT2D eigenvalue weighted by atomic mass is 19.4. The van der Waals surface area contributed by atoms with Crippen LogP contribution in [0.5, 0.6) is 0 Å². The van der Waals surface area contributed by atoms with Gasteiger partial charge in [0.2, 0.25) is 0 Å². The lowest BCUT2D eigenvalue weighted by Crippen LogP contribution is -2.21. The third-order valence-corrected chi connectivity index (χ3v) is 14.3. The predicted molar refractivity (Wildman–Crippen MR) is 272 cm³/mol.